The topological polar surface area (TPSA) is 64.4 Å². The predicted molar refractivity (Wildman–Crippen MR) is 113 cm³/mol. The molecule has 2 aliphatic rings. The number of hydrogen-bond acceptors (Lipinski definition) is 5. The lowest BCUT2D eigenvalue weighted by molar-refractivity contribution is -0.149. The lowest BCUT2D eigenvalue weighted by Gasteiger charge is -2.19. The van der Waals surface area contributed by atoms with Crippen molar-refractivity contribution in [1.29, 1.82) is 0 Å². The number of nitrogens with zero attached hydrogens (tertiary/aromatic N) is 1. The Hall–Kier alpha value is -1.56. The maximum atomic E-state index is 12.9. The highest BCUT2D eigenvalue weighted by atomic mass is 35.5. The Morgan fingerprint density at radius 1 is 1.28 bits per heavy atom. The maximum Gasteiger partial charge on any atom is 0.310 e. The van der Waals surface area contributed by atoms with Gasteiger partial charge < -0.3 is 14.6 Å². The third-order valence-electron chi connectivity index (χ3n) is 5.84. The number of nitrogens with one attached hydrogen (secondary N) is 1. The molecule has 1 aromatic carbocycles. The van der Waals surface area contributed by atoms with E-state index in [0.717, 1.165) is 56.5 Å². The first-order valence-corrected chi connectivity index (χ1v) is 11.1. The molecular weight excluding hydrogens is 411 g/mol. The quantitative estimate of drug-likeness (QED) is 0.614. The number of hydrogen-bond donors (Lipinski definition) is 1. The summed E-state index contributed by atoms with van der Waals surface area (Å²) in [4.78, 5) is 12.9. The SMILES string of the molecule is CCC1CNCC[C@@H](OC(=O)Cc2c(-c3c(Cl)cccc3Cl)noc2C2CC2)C1. The Morgan fingerprint density at radius 2 is 2.03 bits per heavy atom. The van der Waals surface area contributed by atoms with Gasteiger partial charge in [-0.2, -0.15) is 0 Å². The van der Waals surface area contributed by atoms with Crippen LogP contribution in [-0.4, -0.2) is 30.3 Å². The molecule has 7 heteroatoms. The van der Waals surface area contributed by atoms with Crippen LogP contribution < -0.4 is 5.32 Å². The number of carbonyl (C=O) groups is 1. The Balaban J connectivity index is 1.56. The minimum atomic E-state index is -0.249. The van der Waals surface area contributed by atoms with E-state index in [4.69, 9.17) is 32.5 Å². The van der Waals surface area contributed by atoms with Gasteiger partial charge in [0.1, 0.15) is 17.6 Å². The summed E-state index contributed by atoms with van der Waals surface area (Å²) < 4.78 is 11.5. The molecular formula is C22H26Cl2N2O3. The lowest BCUT2D eigenvalue weighted by atomic mass is 9.98. The third kappa shape index (κ3) is 4.79. The number of ether oxygens (including phenoxy) is 1. The summed E-state index contributed by atoms with van der Waals surface area (Å²) in [6.45, 7) is 4.03. The number of esters is 1. The molecule has 5 nitrogen and oxygen atoms in total. The highest BCUT2D eigenvalue weighted by molar-refractivity contribution is 6.39. The van der Waals surface area contributed by atoms with Crippen molar-refractivity contribution in [3.05, 3.63) is 39.6 Å². The van der Waals surface area contributed by atoms with Crippen LogP contribution in [0.5, 0.6) is 0 Å². The van der Waals surface area contributed by atoms with Gasteiger partial charge in [-0.05, 0) is 56.8 Å². The van der Waals surface area contributed by atoms with Crippen LogP contribution in [-0.2, 0) is 16.0 Å². The first kappa shape index (κ1) is 20.7. The van der Waals surface area contributed by atoms with E-state index in [2.05, 4.69) is 17.4 Å². The van der Waals surface area contributed by atoms with E-state index < -0.39 is 0 Å². The van der Waals surface area contributed by atoms with Crippen molar-refractivity contribution in [2.45, 2.75) is 57.5 Å². The second-order valence-electron chi connectivity index (χ2n) is 8.04. The van der Waals surface area contributed by atoms with Crippen molar-refractivity contribution >= 4 is 29.2 Å². The molecule has 4 rings (SSSR count). The van der Waals surface area contributed by atoms with Crippen molar-refractivity contribution in [2.24, 2.45) is 5.92 Å². The van der Waals surface area contributed by atoms with Crippen molar-refractivity contribution in [3.8, 4) is 11.3 Å². The minimum Gasteiger partial charge on any atom is -0.462 e. The Bertz CT molecular complexity index is 859. The molecule has 1 saturated carbocycles. The molecule has 1 unspecified atom stereocenters. The Labute approximate surface area is 181 Å². The molecule has 1 aliphatic carbocycles. The van der Waals surface area contributed by atoms with Crippen molar-refractivity contribution < 1.29 is 14.1 Å². The van der Waals surface area contributed by atoms with Crippen molar-refractivity contribution in [3.63, 3.8) is 0 Å². The number of aromatic nitrogens is 1. The first-order chi connectivity index (χ1) is 14.1. The summed E-state index contributed by atoms with van der Waals surface area (Å²) in [7, 11) is 0. The molecule has 156 valence electrons. The van der Waals surface area contributed by atoms with E-state index in [0.29, 0.717) is 33.1 Å². The van der Waals surface area contributed by atoms with Crippen LogP contribution >= 0.6 is 23.2 Å². The van der Waals surface area contributed by atoms with Gasteiger partial charge >= 0.3 is 5.97 Å². The van der Waals surface area contributed by atoms with Gasteiger partial charge in [-0.3, -0.25) is 4.79 Å². The fraction of sp³-hybridized carbons (Fsp3) is 0.545. The van der Waals surface area contributed by atoms with E-state index in [-0.39, 0.29) is 18.5 Å². The molecule has 0 bridgehead atoms. The Kier molecular flexibility index (Phi) is 6.47. The van der Waals surface area contributed by atoms with Gasteiger partial charge in [0.2, 0.25) is 0 Å². The van der Waals surface area contributed by atoms with Crippen LogP contribution in [0.1, 0.15) is 56.3 Å². The normalized spacial score (nSPS) is 22.3. The molecule has 2 atom stereocenters. The van der Waals surface area contributed by atoms with E-state index in [9.17, 15) is 4.79 Å². The molecule has 2 fully saturated rings. The molecule has 1 aliphatic heterocycles. The number of halogens is 2. The van der Waals surface area contributed by atoms with Gasteiger partial charge in [-0.15, -0.1) is 0 Å². The van der Waals surface area contributed by atoms with Crippen molar-refractivity contribution in [2.75, 3.05) is 13.1 Å². The second-order valence-corrected chi connectivity index (χ2v) is 8.85. The zero-order valence-electron chi connectivity index (χ0n) is 16.5. The average molecular weight is 437 g/mol. The first-order valence-electron chi connectivity index (χ1n) is 10.4. The molecule has 2 heterocycles. The largest absolute Gasteiger partial charge is 0.462 e. The molecule has 0 amide bonds. The van der Waals surface area contributed by atoms with Crippen LogP contribution in [0, 0.1) is 5.92 Å². The van der Waals surface area contributed by atoms with Crippen LogP contribution in [0.25, 0.3) is 11.3 Å². The van der Waals surface area contributed by atoms with E-state index in [1.54, 1.807) is 18.2 Å². The molecule has 0 radical (unpaired) electrons. The monoisotopic (exact) mass is 436 g/mol. The minimum absolute atomic E-state index is 0.0564. The number of rotatable bonds is 6. The highest BCUT2D eigenvalue weighted by Crippen LogP contribution is 2.46. The number of carbonyl (C=O) groups excluding carboxylic acids is 1. The zero-order chi connectivity index (χ0) is 20.4. The molecule has 29 heavy (non-hydrogen) atoms. The molecule has 1 aromatic heterocycles. The summed E-state index contributed by atoms with van der Waals surface area (Å²) >= 11 is 12.8. The standard InChI is InChI=1S/C22H26Cl2N2O3/c1-2-13-10-15(8-9-25-12-13)28-19(27)11-16-21(26-29-22(16)14-6-7-14)20-17(23)4-3-5-18(20)24/h3-5,13-15,25H,2,6-12H2,1H3/t13?,15-/m1/s1. The fourth-order valence-electron chi connectivity index (χ4n) is 4.01. The highest BCUT2D eigenvalue weighted by Gasteiger charge is 2.34. The maximum absolute atomic E-state index is 12.9. The second kappa shape index (κ2) is 9.07. The van der Waals surface area contributed by atoms with E-state index >= 15 is 0 Å². The Morgan fingerprint density at radius 3 is 2.72 bits per heavy atom. The molecule has 0 spiro atoms. The summed E-state index contributed by atoms with van der Waals surface area (Å²) in [5.41, 5.74) is 1.92. The van der Waals surface area contributed by atoms with Crippen LogP contribution in [0.2, 0.25) is 10.0 Å². The summed E-state index contributed by atoms with van der Waals surface area (Å²) in [5.74, 6) is 1.36. The van der Waals surface area contributed by atoms with Gasteiger partial charge in [0.05, 0.1) is 16.5 Å². The summed E-state index contributed by atoms with van der Waals surface area (Å²) in [6, 6.07) is 5.31. The smallest absolute Gasteiger partial charge is 0.310 e. The number of benzene rings is 1. The van der Waals surface area contributed by atoms with Crippen LogP contribution in [0.4, 0.5) is 0 Å². The van der Waals surface area contributed by atoms with Crippen molar-refractivity contribution in [1.82, 2.24) is 10.5 Å². The fourth-order valence-corrected chi connectivity index (χ4v) is 4.59. The molecule has 1 N–H and O–H groups in total. The third-order valence-corrected chi connectivity index (χ3v) is 6.47. The van der Waals surface area contributed by atoms with Gasteiger partial charge in [0, 0.05) is 17.0 Å². The summed E-state index contributed by atoms with van der Waals surface area (Å²) in [6.07, 6.45) is 4.96. The van der Waals surface area contributed by atoms with Gasteiger partial charge in [0.15, 0.2) is 0 Å². The van der Waals surface area contributed by atoms with Gasteiger partial charge in [0.25, 0.3) is 0 Å². The molecule has 2 aromatic rings. The van der Waals surface area contributed by atoms with Gasteiger partial charge in [-0.25, -0.2) is 0 Å². The van der Waals surface area contributed by atoms with E-state index in [1.165, 1.54) is 0 Å². The molecule has 1 saturated heterocycles. The van der Waals surface area contributed by atoms with Crippen LogP contribution in [0.3, 0.4) is 0 Å². The zero-order valence-corrected chi connectivity index (χ0v) is 18.1. The van der Waals surface area contributed by atoms with Gasteiger partial charge in [-0.1, -0.05) is 47.8 Å². The lowest BCUT2D eigenvalue weighted by Crippen LogP contribution is -2.22. The van der Waals surface area contributed by atoms with Crippen LogP contribution in [0.15, 0.2) is 22.7 Å². The van der Waals surface area contributed by atoms with E-state index in [1.807, 2.05) is 0 Å². The average Bonchev–Trinajstić information content (AvgIpc) is 3.49. The summed E-state index contributed by atoms with van der Waals surface area (Å²) in [5, 5.41) is 8.65. The predicted octanol–water partition coefficient (Wildman–Crippen LogP) is 5.39.